The summed E-state index contributed by atoms with van der Waals surface area (Å²) in [6.07, 6.45) is 1.45. The molecule has 1 saturated heterocycles. The molecule has 104 valence electrons. The van der Waals surface area contributed by atoms with Crippen LogP contribution in [-0.4, -0.2) is 43.5 Å². The minimum Gasteiger partial charge on any atom is -0.397 e. The monoisotopic (exact) mass is 262 g/mol. The lowest BCUT2D eigenvalue weighted by atomic mass is 9.85. The maximum atomic E-state index is 11.8. The number of rotatable bonds is 3. The highest BCUT2D eigenvalue weighted by Gasteiger charge is 2.42. The molecule has 5 nitrogen and oxygen atoms in total. The van der Waals surface area contributed by atoms with Gasteiger partial charge in [0, 0.05) is 13.1 Å². The predicted molar refractivity (Wildman–Crippen MR) is 77.9 cm³/mol. The maximum Gasteiger partial charge on any atom is 0.238 e. The molecule has 1 aromatic carbocycles. The van der Waals surface area contributed by atoms with E-state index < -0.39 is 5.54 Å². The largest absolute Gasteiger partial charge is 0.397 e. The van der Waals surface area contributed by atoms with E-state index in [1.165, 1.54) is 0 Å². The Kier molecular flexibility index (Phi) is 3.66. The number of primary amides is 1. The van der Waals surface area contributed by atoms with Crippen molar-refractivity contribution < 1.29 is 4.79 Å². The van der Waals surface area contributed by atoms with Gasteiger partial charge in [-0.1, -0.05) is 12.1 Å². The normalized spacial score (nSPS) is 18.6. The van der Waals surface area contributed by atoms with Gasteiger partial charge in [0.15, 0.2) is 0 Å². The number of nitrogens with zero attached hydrogens (tertiary/aromatic N) is 2. The Morgan fingerprint density at radius 1 is 1.26 bits per heavy atom. The smallest absolute Gasteiger partial charge is 0.238 e. The van der Waals surface area contributed by atoms with Gasteiger partial charge in [0.1, 0.15) is 5.54 Å². The lowest BCUT2D eigenvalue weighted by molar-refractivity contribution is -0.130. The van der Waals surface area contributed by atoms with Gasteiger partial charge >= 0.3 is 0 Å². The van der Waals surface area contributed by atoms with Gasteiger partial charge in [0.25, 0.3) is 0 Å². The summed E-state index contributed by atoms with van der Waals surface area (Å²) in [7, 11) is 3.83. The second-order valence-electron chi connectivity index (χ2n) is 5.34. The highest BCUT2D eigenvalue weighted by molar-refractivity contribution is 5.85. The first-order chi connectivity index (χ1) is 8.97. The van der Waals surface area contributed by atoms with Crippen molar-refractivity contribution in [1.82, 2.24) is 4.90 Å². The van der Waals surface area contributed by atoms with Crippen molar-refractivity contribution in [3.63, 3.8) is 0 Å². The number of hydrogen-bond acceptors (Lipinski definition) is 4. The second-order valence-corrected chi connectivity index (χ2v) is 5.34. The highest BCUT2D eigenvalue weighted by atomic mass is 16.1. The number of hydrogen-bond donors (Lipinski definition) is 2. The number of amides is 1. The van der Waals surface area contributed by atoms with Crippen LogP contribution in [0, 0.1) is 0 Å². The lowest BCUT2D eigenvalue weighted by Crippen LogP contribution is -2.60. The van der Waals surface area contributed by atoms with E-state index in [2.05, 4.69) is 4.90 Å². The summed E-state index contributed by atoms with van der Waals surface area (Å²) < 4.78 is 0. The van der Waals surface area contributed by atoms with Crippen LogP contribution in [0.25, 0.3) is 0 Å². The molecule has 0 atom stereocenters. The molecular weight excluding hydrogens is 240 g/mol. The van der Waals surface area contributed by atoms with Crippen molar-refractivity contribution >= 4 is 17.3 Å². The minimum absolute atomic E-state index is 0.238. The fourth-order valence-electron chi connectivity index (χ4n) is 2.81. The molecule has 0 aromatic heterocycles. The number of piperidine rings is 1. The van der Waals surface area contributed by atoms with Gasteiger partial charge in [-0.15, -0.1) is 0 Å². The van der Waals surface area contributed by atoms with Crippen LogP contribution in [0.3, 0.4) is 0 Å². The second kappa shape index (κ2) is 5.09. The standard InChI is InChI=1S/C14H22N4O/c1-17(2)14(13(16)19)7-9-18(10-8-14)12-6-4-3-5-11(12)15/h3-6H,7-10,15H2,1-2H3,(H2,16,19). The number of benzene rings is 1. The number of carbonyl (C=O) groups excluding carboxylic acids is 1. The average Bonchev–Trinajstić information content (AvgIpc) is 2.39. The van der Waals surface area contributed by atoms with Crippen LogP contribution in [0.4, 0.5) is 11.4 Å². The number of anilines is 2. The van der Waals surface area contributed by atoms with Crippen molar-refractivity contribution in [2.45, 2.75) is 18.4 Å². The van der Waals surface area contributed by atoms with Crippen molar-refractivity contribution in [2.75, 3.05) is 37.8 Å². The van der Waals surface area contributed by atoms with E-state index in [1.807, 2.05) is 43.3 Å². The molecule has 1 aromatic rings. The highest BCUT2D eigenvalue weighted by Crippen LogP contribution is 2.32. The van der Waals surface area contributed by atoms with Crippen molar-refractivity contribution in [3.05, 3.63) is 24.3 Å². The summed E-state index contributed by atoms with van der Waals surface area (Å²) in [4.78, 5) is 15.9. The molecule has 0 aliphatic carbocycles. The van der Waals surface area contributed by atoms with Gasteiger partial charge in [0.2, 0.25) is 5.91 Å². The van der Waals surface area contributed by atoms with Gasteiger partial charge in [-0.2, -0.15) is 0 Å². The van der Waals surface area contributed by atoms with E-state index in [4.69, 9.17) is 11.5 Å². The zero-order chi connectivity index (χ0) is 14.0. The van der Waals surface area contributed by atoms with Gasteiger partial charge < -0.3 is 16.4 Å². The molecule has 1 amide bonds. The quantitative estimate of drug-likeness (QED) is 0.784. The SMILES string of the molecule is CN(C)C1(C(N)=O)CCN(c2ccccc2N)CC1. The van der Waals surface area contributed by atoms with Gasteiger partial charge in [-0.05, 0) is 39.1 Å². The first-order valence-electron chi connectivity index (χ1n) is 6.54. The fraction of sp³-hybridized carbons (Fsp3) is 0.500. The molecule has 0 radical (unpaired) electrons. The first-order valence-corrected chi connectivity index (χ1v) is 6.54. The summed E-state index contributed by atoms with van der Waals surface area (Å²) in [5, 5.41) is 0. The predicted octanol–water partition coefficient (Wildman–Crippen LogP) is 0.655. The molecule has 1 aliphatic rings. The maximum absolute atomic E-state index is 11.8. The Morgan fingerprint density at radius 3 is 2.32 bits per heavy atom. The van der Waals surface area contributed by atoms with E-state index in [0.29, 0.717) is 0 Å². The fourth-order valence-corrected chi connectivity index (χ4v) is 2.81. The molecule has 19 heavy (non-hydrogen) atoms. The minimum atomic E-state index is -0.528. The molecule has 1 fully saturated rings. The summed E-state index contributed by atoms with van der Waals surface area (Å²) in [6, 6.07) is 7.82. The van der Waals surface area contributed by atoms with E-state index in [1.54, 1.807) is 0 Å². The van der Waals surface area contributed by atoms with Crippen LogP contribution in [-0.2, 0) is 4.79 Å². The van der Waals surface area contributed by atoms with Crippen LogP contribution in [0.15, 0.2) is 24.3 Å². The van der Waals surface area contributed by atoms with Crippen LogP contribution in [0.2, 0.25) is 0 Å². The van der Waals surface area contributed by atoms with E-state index in [9.17, 15) is 4.79 Å². The molecule has 0 spiro atoms. The molecule has 2 rings (SSSR count). The van der Waals surface area contributed by atoms with Crippen LogP contribution >= 0.6 is 0 Å². The first kappa shape index (κ1) is 13.7. The van der Waals surface area contributed by atoms with Crippen molar-refractivity contribution in [2.24, 2.45) is 5.73 Å². The zero-order valence-electron chi connectivity index (χ0n) is 11.6. The summed E-state index contributed by atoms with van der Waals surface area (Å²) >= 11 is 0. The Bertz CT molecular complexity index is 464. The zero-order valence-corrected chi connectivity index (χ0v) is 11.6. The van der Waals surface area contributed by atoms with Crippen LogP contribution in [0.5, 0.6) is 0 Å². The third kappa shape index (κ3) is 2.38. The molecule has 0 bridgehead atoms. The topological polar surface area (TPSA) is 75.6 Å². The summed E-state index contributed by atoms with van der Waals surface area (Å²) in [5.41, 5.74) is 12.9. The molecule has 5 heteroatoms. The number of para-hydroxylation sites is 2. The molecule has 0 saturated carbocycles. The van der Waals surface area contributed by atoms with Crippen LogP contribution in [0.1, 0.15) is 12.8 Å². The Morgan fingerprint density at radius 2 is 1.84 bits per heavy atom. The van der Waals surface area contributed by atoms with Crippen molar-refractivity contribution in [1.29, 1.82) is 0 Å². The third-order valence-electron chi connectivity index (χ3n) is 4.18. The molecular formula is C14H22N4O. The van der Waals surface area contributed by atoms with E-state index in [0.717, 1.165) is 37.3 Å². The van der Waals surface area contributed by atoms with Crippen molar-refractivity contribution in [3.8, 4) is 0 Å². The number of nitrogen functional groups attached to an aromatic ring is 1. The molecule has 1 heterocycles. The summed E-state index contributed by atoms with van der Waals surface area (Å²) in [5.74, 6) is -0.238. The third-order valence-corrected chi connectivity index (χ3v) is 4.18. The molecule has 0 unspecified atom stereocenters. The van der Waals surface area contributed by atoms with Crippen LogP contribution < -0.4 is 16.4 Å². The number of carbonyl (C=O) groups is 1. The van der Waals surface area contributed by atoms with Gasteiger partial charge in [0.05, 0.1) is 11.4 Å². The summed E-state index contributed by atoms with van der Waals surface area (Å²) in [6.45, 7) is 1.57. The number of likely N-dealkylation sites (N-methyl/N-ethyl adjacent to an activating group) is 1. The molecule has 1 aliphatic heterocycles. The van der Waals surface area contributed by atoms with Gasteiger partial charge in [-0.25, -0.2) is 0 Å². The Balaban J connectivity index is 2.15. The average molecular weight is 262 g/mol. The Labute approximate surface area is 114 Å². The van der Waals surface area contributed by atoms with E-state index >= 15 is 0 Å². The molecule has 4 N–H and O–H groups in total. The van der Waals surface area contributed by atoms with E-state index in [-0.39, 0.29) is 5.91 Å². The lowest BCUT2D eigenvalue weighted by Gasteiger charge is -2.44. The Hall–Kier alpha value is -1.75. The number of nitrogens with two attached hydrogens (primary N) is 2. The van der Waals surface area contributed by atoms with Gasteiger partial charge in [-0.3, -0.25) is 9.69 Å².